The van der Waals surface area contributed by atoms with E-state index in [2.05, 4.69) is 4.99 Å². The Labute approximate surface area is 95.9 Å². The molecule has 1 rings (SSSR count). The maximum absolute atomic E-state index is 12.7. The first-order chi connectivity index (χ1) is 8.00. The molecule has 0 spiro atoms. The summed E-state index contributed by atoms with van der Waals surface area (Å²) in [6.07, 6.45) is -4.09. The lowest BCUT2D eigenvalue weighted by Crippen LogP contribution is -2.14. The molecule has 1 atom stereocenters. The summed E-state index contributed by atoms with van der Waals surface area (Å²) in [5.41, 5.74) is -0.825. The third kappa shape index (κ3) is 3.41. The normalized spacial score (nSPS) is 12.9. The zero-order valence-corrected chi connectivity index (χ0v) is 8.99. The fraction of sp³-hybridized carbons (Fsp3) is 0.364. The number of hydrogen-bond acceptors (Lipinski definition) is 3. The van der Waals surface area contributed by atoms with Gasteiger partial charge in [0.05, 0.1) is 12.1 Å². The first-order valence-electron chi connectivity index (χ1n) is 4.73. The second kappa shape index (κ2) is 5.61. The Morgan fingerprint density at radius 1 is 1.41 bits per heavy atom. The minimum absolute atomic E-state index is 0.0403. The fourth-order valence-corrected chi connectivity index (χ4v) is 1.46. The quantitative estimate of drug-likeness (QED) is 0.604. The number of methoxy groups -OCH3 is 1. The maximum Gasteiger partial charge on any atom is 0.416 e. The molecule has 3 nitrogen and oxygen atoms in total. The number of carbonyl (C=O) groups excluding carboxylic acids is 1. The predicted octanol–water partition coefficient (Wildman–Crippen LogP) is 2.73. The van der Waals surface area contributed by atoms with Gasteiger partial charge >= 0.3 is 6.18 Å². The largest absolute Gasteiger partial charge is 0.416 e. The lowest BCUT2D eigenvalue weighted by molar-refractivity contribution is -0.139. The van der Waals surface area contributed by atoms with Crippen LogP contribution in [0.3, 0.4) is 0 Å². The van der Waals surface area contributed by atoms with Crippen molar-refractivity contribution in [3.05, 3.63) is 35.4 Å². The minimum atomic E-state index is -4.46. The fourth-order valence-electron chi connectivity index (χ4n) is 1.46. The molecule has 1 unspecified atom stereocenters. The van der Waals surface area contributed by atoms with Crippen LogP contribution in [0, 0.1) is 0 Å². The number of halogens is 3. The van der Waals surface area contributed by atoms with Crippen LogP contribution in [0.15, 0.2) is 29.3 Å². The highest BCUT2D eigenvalue weighted by Crippen LogP contribution is 2.35. The number of alkyl halides is 3. The molecule has 0 saturated carbocycles. The van der Waals surface area contributed by atoms with Crippen LogP contribution in [-0.4, -0.2) is 19.7 Å². The molecule has 0 saturated heterocycles. The van der Waals surface area contributed by atoms with E-state index in [0.29, 0.717) is 0 Å². The highest BCUT2D eigenvalue weighted by Gasteiger charge is 2.34. The maximum atomic E-state index is 12.7. The highest BCUT2D eigenvalue weighted by molar-refractivity contribution is 5.35. The Morgan fingerprint density at radius 2 is 2.06 bits per heavy atom. The minimum Gasteiger partial charge on any atom is -0.375 e. The van der Waals surface area contributed by atoms with Gasteiger partial charge in [0, 0.05) is 7.11 Å². The predicted molar refractivity (Wildman–Crippen MR) is 54.2 cm³/mol. The van der Waals surface area contributed by atoms with Crippen LogP contribution in [0.1, 0.15) is 17.2 Å². The highest BCUT2D eigenvalue weighted by atomic mass is 19.4. The molecule has 0 amide bonds. The van der Waals surface area contributed by atoms with Crippen LogP contribution in [-0.2, 0) is 15.7 Å². The van der Waals surface area contributed by atoms with Crippen molar-refractivity contribution < 1.29 is 22.7 Å². The second-order valence-electron chi connectivity index (χ2n) is 3.24. The van der Waals surface area contributed by atoms with Gasteiger partial charge in [-0.2, -0.15) is 13.2 Å². The van der Waals surface area contributed by atoms with E-state index in [1.165, 1.54) is 31.4 Å². The molecule has 0 bridgehead atoms. The molecule has 0 N–H and O–H groups in total. The van der Waals surface area contributed by atoms with E-state index in [-0.39, 0.29) is 12.1 Å². The average molecular weight is 245 g/mol. The summed E-state index contributed by atoms with van der Waals surface area (Å²) in [4.78, 5) is 13.2. The summed E-state index contributed by atoms with van der Waals surface area (Å²) in [6.45, 7) is -0.187. The van der Waals surface area contributed by atoms with Crippen molar-refractivity contribution >= 4 is 6.08 Å². The molecule has 0 aliphatic rings. The Morgan fingerprint density at radius 3 is 2.59 bits per heavy atom. The monoisotopic (exact) mass is 245 g/mol. The molecule has 17 heavy (non-hydrogen) atoms. The van der Waals surface area contributed by atoms with Crippen molar-refractivity contribution in [1.29, 1.82) is 0 Å². The first kappa shape index (κ1) is 13.4. The van der Waals surface area contributed by atoms with Crippen LogP contribution in [0.25, 0.3) is 0 Å². The molecule has 0 aliphatic carbocycles. The second-order valence-corrected chi connectivity index (χ2v) is 3.24. The van der Waals surface area contributed by atoms with Gasteiger partial charge in [0.1, 0.15) is 6.10 Å². The van der Waals surface area contributed by atoms with E-state index in [0.717, 1.165) is 6.07 Å². The van der Waals surface area contributed by atoms with Gasteiger partial charge in [0.2, 0.25) is 6.08 Å². The standard InChI is InChI=1S/C11H10F3NO2/c1-17-10(6-15-7-16)8-4-2-3-5-9(8)11(12,13)14/h2-5,10H,6H2,1H3. The lowest BCUT2D eigenvalue weighted by Gasteiger charge is -2.18. The van der Waals surface area contributed by atoms with Crippen LogP contribution in [0.4, 0.5) is 13.2 Å². The average Bonchev–Trinajstić information content (AvgIpc) is 2.29. The molecule has 0 aliphatic heterocycles. The Kier molecular flexibility index (Phi) is 4.43. The van der Waals surface area contributed by atoms with Crippen molar-refractivity contribution in [3.8, 4) is 0 Å². The topological polar surface area (TPSA) is 38.7 Å². The van der Waals surface area contributed by atoms with Gasteiger partial charge in [-0.1, -0.05) is 18.2 Å². The Hall–Kier alpha value is -1.65. The van der Waals surface area contributed by atoms with Gasteiger partial charge in [-0.05, 0) is 11.6 Å². The first-order valence-corrected chi connectivity index (χ1v) is 4.73. The molecule has 0 aromatic heterocycles. The van der Waals surface area contributed by atoms with Crippen LogP contribution in [0.5, 0.6) is 0 Å². The summed E-state index contributed by atoms with van der Waals surface area (Å²) in [5, 5.41) is 0. The van der Waals surface area contributed by atoms with Gasteiger partial charge in [0.25, 0.3) is 0 Å². The van der Waals surface area contributed by atoms with E-state index in [4.69, 9.17) is 4.74 Å². The number of benzene rings is 1. The zero-order chi connectivity index (χ0) is 12.9. The van der Waals surface area contributed by atoms with E-state index in [1.54, 1.807) is 0 Å². The SMILES string of the molecule is COC(CN=C=O)c1ccccc1C(F)(F)F. The molecule has 92 valence electrons. The molecule has 1 aromatic rings. The Bertz CT molecular complexity index is 425. The van der Waals surface area contributed by atoms with Crippen molar-refractivity contribution in [3.63, 3.8) is 0 Å². The van der Waals surface area contributed by atoms with E-state index in [9.17, 15) is 18.0 Å². The molecule has 0 heterocycles. The van der Waals surface area contributed by atoms with Crippen molar-refractivity contribution in [2.45, 2.75) is 12.3 Å². The summed E-state index contributed by atoms with van der Waals surface area (Å²) < 4.78 is 43.0. The number of nitrogens with zero attached hydrogens (tertiary/aromatic N) is 1. The molecular formula is C11H10F3NO2. The van der Waals surface area contributed by atoms with E-state index in [1.807, 2.05) is 0 Å². The van der Waals surface area contributed by atoms with Crippen LogP contribution in [0.2, 0.25) is 0 Å². The number of ether oxygens (including phenoxy) is 1. The molecular weight excluding hydrogens is 235 g/mol. The van der Waals surface area contributed by atoms with Gasteiger partial charge in [-0.3, -0.25) is 0 Å². The summed E-state index contributed by atoms with van der Waals surface area (Å²) in [5.74, 6) is 0. The van der Waals surface area contributed by atoms with Crippen LogP contribution >= 0.6 is 0 Å². The molecule has 0 radical (unpaired) electrons. The zero-order valence-electron chi connectivity index (χ0n) is 8.99. The van der Waals surface area contributed by atoms with Crippen LogP contribution < -0.4 is 0 Å². The lowest BCUT2D eigenvalue weighted by atomic mass is 10.0. The summed E-state index contributed by atoms with van der Waals surface area (Å²) in [7, 11) is 1.26. The number of aliphatic imine (C=N–C) groups is 1. The third-order valence-electron chi connectivity index (χ3n) is 2.22. The smallest absolute Gasteiger partial charge is 0.375 e. The van der Waals surface area contributed by atoms with E-state index < -0.39 is 17.8 Å². The molecule has 1 aromatic carbocycles. The summed E-state index contributed by atoms with van der Waals surface area (Å²) in [6, 6.07) is 5.03. The molecule has 0 fully saturated rings. The van der Waals surface area contributed by atoms with Gasteiger partial charge in [-0.15, -0.1) is 0 Å². The number of isocyanates is 1. The third-order valence-corrected chi connectivity index (χ3v) is 2.22. The molecule has 6 heteroatoms. The number of hydrogen-bond donors (Lipinski definition) is 0. The Balaban J connectivity index is 3.14. The number of rotatable bonds is 4. The van der Waals surface area contributed by atoms with Gasteiger partial charge < -0.3 is 4.74 Å². The van der Waals surface area contributed by atoms with Crippen molar-refractivity contribution in [1.82, 2.24) is 0 Å². The van der Waals surface area contributed by atoms with Crippen molar-refractivity contribution in [2.75, 3.05) is 13.7 Å². The van der Waals surface area contributed by atoms with Crippen molar-refractivity contribution in [2.24, 2.45) is 4.99 Å². The van der Waals surface area contributed by atoms with E-state index >= 15 is 0 Å². The van der Waals surface area contributed by atoms with Gasteiger partial charge in [-0.25, -0.2) is 9.79 Å². The summed E-state index contributed by atoms with van der Waals surface area (Å²) >= 11 is 0. The van der Waals surface area contributed by atoms with Gasteiger partial charge in [0.15, 0.2) is 0 Å².